The number of hydrogen-bond acceptors (Lipinski definition) is 3. The van der Waals surface area contributed by atoms with E-state index in [4.69, 9.17) is 27.9 Å². The molecule has 0 saturated heterocycles. The van der Waals surface area contributed by atoms with Gasteiger partial charge in [-0.05, 0) is 25.1 Å². The zero-order valence-corrected chi connectivity index (χ0v) is 13.2. The fourth-order valence-corrected chi connectivity index (χ4v) is 2.53. The quantitative estimate of drug-likeness (QED) is 0.663. The minimum Gasteiger partial charge on any atom is -0.462 e. The Labute approximate surface area is 137 Å². The summed E-state index contributed by atoms with van der Waals surface area (Å²) in [7, 11) is 0. The fraction of sp³-hybridized carbons (Fsp3) is 0.125. The minimum atomic E-state index is -0.409. The summed E-state index contributed by atoms with van der Waals surface area (Å²) < 4.78 is 6.71. The lowest BCUT2D eigenvalue weighted by atomic mass is 10.2. The van der Waals surface area contributed by atoms with Crippen molar-refractivity contribution in [2.24, 2.45) is 0 Å². The molecule has 1 aromatic carbocycles. The molecule has 0 radical (unpaired) electrons. The highest BCUT2D eigenvalue weighted by Gasteiger charge is 2.13. The second-order valence-electron chi connectivity index (χ2n) is 4.66. The number of esters is 1. The van der Waals surface area contributed by atoms with E-state index < -0.39 is 5.97 Å². The first kappa shape index (κ1) is 14.9. The molecule has 2 heterocycles. The van der Waals surface area contributed by atoms with Crippen LogP contribution in [0.4, 0.5) is 0 Å². The lowest BCUT2D eigenvalue weighted by Gasteiger charge is -2.03. The van der Waals surface area contributed by atoms with Gasteiger partial charge in [-0.25, -0.2) is 9.78 Å². The van der Waals surface area contributed by atoms with Crippen LogP contribution in [0.1, 0.15) is 17.3 Å². The van der Waals surface area contributed by atoms with Gasteiger partial charge in [0.1, 0.15) is 0 Å². The Morgan fingerprint density at radius 1 is 1.23 bits per heavy atom. The molecule has 0 aliphatic rings. The molecule has 3 aromatic rings. The first-order valence-electron chi connectivity index (χ1n) is 6.70. The van der Waals surface area contributed by atoms with Gasteiger partial charge in [-0.15, -0.1) is 0 Å². The summed E-state index contributed by atoms with van der Waals surface area (Å²) in [5.41, 5.74) is 2.64. The molecule has 2 aromatic heterocycles. The molecule has 0 N–H and O–H groups in total. The molecule has 0 spiro atoms. The normalized spacial score (nSPS) is 10.9. The number of carbonyl (C=O) groups excluding carboxylic acids is 1. The molecule has 0 bridgehead atoms. The Morgan fingerprint density at radius 3 is 2.64 bits per heavy atom. The predicted molar refractivity (Wildman–Crippen MR) is 86.6 cm³/mol. The van der Waals surface area contributed by atoms with E-state index in [1.807, 2.05) is 18.3 Å². The number of carbonyl (C=O) groups is 1. The van der Waals surface area contributed by atoms with E-state index >= 15 is 0 Å². The van der Waals surface area contributed by atoms with Crippen LogP contribution in [0.2, 0.25) is 10.0 Å². The van der Waals surface area contributed by atoms with E-state index in [0.717, 1.165) is 11.3 Å². The van der Waals surface area contributed by atoms with E-state index in [1.165, 1.54) is 0 Å². The number of aromatic nitrogens is 2. The summed E-state index contributed by atoms with van der Waals surface area (Å²) in [5.74, 6) is -0.409. The number of ether oxygens (including phenoxy) is 1. The van der Waals surface area contributed by atoms with Crippen molar-refractivity contribution in [3.8, 4) is 11.3 Å². The van der Waals surface area contributed by atoms with Gasteiger partial charge in [0.05, 0.1) is 22.9 Å². The number of nitrogens with zero attached hydrogens (tertiary/aromatic N) is 2. The molecule has 22 heavy (non-hydrogen) atoms. The molecule has 3 rings (SSSR count). The van der Waals surface area contributed by atoms with Crippen LogP contribution in [0.25, 0.3) is 16.9 Å². The third-order valence-electron chi connectivity index (χ3n) is 3.16. The molecule has 0 aliphatic carbocycles. The first-order valence-corrected chi connectivity index (χ1v) is 7.45. The lowest BCUT2D eigenvalue weighted by Crippen LogP contribution is -2.05. The summed E-state index contributed by atoms with van der Waals surface area (Å²) >= 11 is 12.1. The van der Waals surface area contributed by atoms with Gasteiger partial charge < -0.3 is 9.14 Å². The number of benzene rings is 1. The molecular formula is C16H12Cl2N2O2. The summed E-state index contributed by atoms with van der Waals surface area (Å²) in [5, 5.41) is 1.06. The highest BCUT2D eigenvalue weighted by molar-refractivity contribution is 6.33. The highest BCUT2D eigenvalue weighted by Crippen LogP contribution is 2.25. The average molecular weight is 335 g/mol. The van der Waals surface area contributed by atoms with Crippen LogP contribution in [-0.4, -0.2) is 22.0 Å². The molecular weight excluding hydrogens is 323 g/mol. The molecule has 0 fully saturated rings. The van der Waals surface area contributed by atoms with Crippen LogP contribution in [0, 0.1) is 0 Å². The molecule has 112 valence electrons. The molecule has 4 nitrogen and oxygen atoms in total. The van der Waals surface area contributed by atoms with Crippen molar-refractivity contribution in [2.75, 3.05) is 6.61 Å². The van der Waals surface area contributed by atoms with Gasteiger partial charge in [0.25, 0.3) is 0 Å². The van der Waals surface area contributed by atoms with Crippen LogP contribution in [0.3, 0.4) is 0 Å². The largest absolute Gasteiger partial charge is 0.462 e. The summed E-state index contributed by atoms with van der Waals surface area (Å²) in [4.78, 5) is 16.3. The molecule has 0 unspecified atom stereocenters. The molecule has 0 saturated carbocycles. The monoisotopic (exact) mass is 334 g/mol. The van der Waals surface area contributed by atoms with Gasteiger partial charge in [0.15, 0.2) is 5.65 Å². The smallest absolute Gasteiger partial charge is 0.339 e. The maximum absolute atomic E-state index is 11.8. The topological polar surface area (TPSA) is 43.6 Å². The van der Waals surface area contributed by atoms with Crippen LogP contribution < -0.4 is 0 Å². The summed E-state index contributed by atoms with van der Waals surface area (Å²) in [6, 6.07) is 8.92. The van der Waals surface area contributed by atoms with Gasteiger partial charge in [0, 0.05) is 23.0 Å². The Hall–Kier alpha value is -2.04. The van der Waals surface area contributed by atoms with Crippen molar-refractivity contribution in [3.05, 3.63) is 58.3 Å². The van der Waals surface area contributed by atoms with Crippen molar-refractivity contribution in [3.63, 3.8) is 0 Å². The molecule has 6 heteroatoms. The van der Waals surface area contributed by atoms with Crippen molar-refractivity contribution >= 4 is 34.8 Å². The van der Waals surface area contributed by atoms with Crippen LogP contribution in [0.5, 0.6) is 0 Å². The van der Waals surface area contributed by atoms with E-state index in [-0.39, 0.29) is 0 Å². The van der Waals surface area contributed by atoms with E-state index in [1.54, 1.807) is 35.7 Å². The summed E-state index contributed by atoms with van der Waals surface area (Å²) in [6.07, 6.45) is 3.47. The summed E-state index contributed by atoms with van der Waals surface area (Å²) in [6.45, 7) is 2.07. The van der Waals surface area contributed by atoms with Crippen molar-refractivity contribution in [1.82, 2.24) is 9.38 Å². The molecule has 0 aliphatic heterocycles. The Balaban J connectivity index is 2.07. The van der Waals surface area contributed by atoms with Crippen LogP contribution in [-0.2, 0) is 4.74 Å². The zero-order valence-electron chi connectivity index (χ0n) is 11.7. The van der Waals surface area contributed by atoms with Crippen LogP contribution in [0.15, 0.2) is 42.7 Å². The number of halogens is 2. The predicted octanol–water partition coefficient (Wildman–Crippen LogP) is 4.48. The number of rotatable bonds is 3. The number of fused-ring (bicyclic) bond motifs is 1. The van der Waals surface area contributed by atoms with Crippen molar-refractivity contribution in [1.29, 1.82) is 0 Å². The SMILES string of the molecule is CCOC(=O)c1cc(Cl)c2nc(-c3ccc(Cl)cc3)cn2c1. The Morgan fingerprint density at radius 2 is 1.95 bits per heavy atom. The maximum atomic E-state index is 11.8. The minimum absolute atomic E-state index is 0.314. The van der Waals surface area contributed by atoms with Gasteiger partial charge in [0.2, 0.25) is 0 Å². The lowest BCUT2D eigenvalue weighted by molar-refractivity contribution is 0.0526. The average Bonchev–Trinajstić information content (AvgIpc) is 2.93. The second-order valence-corrected chi connectivity index (χ2v) is 5.50. The van der Waals surface area contributed by atoms with Gasteiger partial charge in [-0.3, -0.25) is 0 Å². The maximum Gasteiger partial charge on any atom is 0.339 e. The van der Waals surface area contributed by atoms with Crippen molar-refractivity contribution in [2.45, 2.75) is 6.92 Å². The van der Waals surface area contributed by atoms with Gasteiger partial charge >= 0.3 is 5.97 Å². The van der Waals surface area contributed by atoms with Gasteiger partial charge in [-0.1, -0.05) is 35.3 Å². The third kappa shape index (κ3) is 2.80. The zero-order chi connectivity index (χ0) is 15.7. The third-order valence-corrected chi connectivity index (χ3v) is 3.69. The molecule has 0 amide bonds. The number of imidazole rings is 1. The van der Waals surface area contributed by atoms with E-state index in [0.29, 0.717) is 27.9 Å². The molecule has 0 atom stereocenters. The second kappa shape index (κ2) is 5.99. The van der Waals surface area contributed by atoms with E-state index in [9.17, 15) is 4.79 Å². The number of pyridine rings is 1. The Bertz CT molecular complexity index is 841. The van der Waals surface area contributed by atoms with Gasteiger partial charge in [-0.2, -0.15) is 0 Å². The van der Waals surface area contributed by atoms with E-state index in [2.05, 4.69) is 4.98 Å². The van der Waals surface area contributed by atoms with Crippen LogP contribution >= 0.6 is 23.2 Å². The standard InChI is InChI=1S/C16H12Cl2N2O2/c1-2-22-16(21)11-7-13(18)15-19-14(9-20(15)8-11)10-3-5-12(17)6-4-10/h3-9H,2H2,1H3. The Kier molecular flexibility index (Phi) is 4.05. The highest BCUT2D eigenvalue weighted by atomic mass is 35.5. The number of hydrogen-bond donors (Lipinski definition) is 0. The fourth-order valence-electron chi connectivity index (χ4n) is 2.14. The van der Waals surface area contributed by atoms with Crippen molar-refractivity contribution < 1.29 is 9.53 Å². The first-order chi connectivity index (χ1) is 10.6.